The molecule has 0 spiro atoms. The topological polar surface area (TPSA) is 54.3 Å². The number of carbonyl (C=O) groups is 1. The minimum absolute atomic E-state index is 0.117. The molecule has 112 valence electrons. The van der Waals surface area contributed by atoms with Gasteiger partial charge in [0.15, 0.2) is 0 Å². The van der Waals surface area contributed by atoms with Crippen LogP contribution in [0.3, 0.4) is 0 Å². The molecule has 1 heterocycles. The predicted molar refractivity (Wildman–Crippen MR) is 70.8 cm³/mol. The number of hydrogen-bond acceptors (Lipinski definition) is 2. The monoisotopic (exact) mass is 286 g/mol. The van der Waals surface area contributed by atoms with Crippen molar-refractivity contribution in [1.29, 1.82) is 0 Å². The van der Waals surface area contributed by atoms with Crippen molar-refractivity contribution in [3.63, 3.8) is 0 Å². The fourth-order valence-electron chi connectivity index (χ4n) is 2.78. The smallest absolute Gasteiger partial charge is 0.268 e. The summed E-state index contributed by atoms with van der Waals surface area (Å²) in [6.07, 6.45) is 3.43. The fourth-order valence-corrected chi connectivity index (χ4v) is 2.78. The van der Waals surface area contributed by atoms with Gasteiger partial charge in [0.05, 0.1) is 18.7 Å². The molecule has 1 aliphatic rings. The van der Waals surface area contributed by atoms with Gasteiger partial charge >= 0.3 is 0 Å². The van der Waals surface area contributed by atoms with Gasteiger partial charge in [-0.15, -0.1) is 0 Å². The molecular weight excluding hydrogens is 266 g/mol. The Morgan fingerprint density at radius 2 is 2.10 bits per heavy atom. The summed E-state index contributed by atoms with van der Waals surface area (Å²) in [6.45, 7) is -0.615. The average molecular weight is 286 g/mol. The molecule has 1 aromatic heterocycles. The number of halogens is 2. The average Bonchev–Trinajstić information content (AvgIpc) is 2.87. The van der Waals surface area contributed by atoms with Crippen molar-refractivity contribution in [2.24, 2.45) is 0 Å². The van der Waals surface area contributed by atoms with E-state index in [2.05, 4.69) is 5.32 Å². The van der Waals surface area contributed by atoms with E-state index in [0.29, 0.717) is 0 Å². The van der Waals surface area contributed by atoms with E-state index in [1.165, 1.54) is 16.8 Å². The van der Waals surface area contributed by atoms with E-state index in [9.17, 15) is 18.7 Å². The van der Waals surface area contributed by atoms with Crippen LogP contribution in [0.1, 0.15) is 42.6 Å². The van der Waals surface area contributed by atoms with E-state index in [4.69, 9.17) is 0 Å². The molecule has 2 N–H and O–H groups in total. The Morgan fingerprint density at radius 3 is 2.70 bits per heavy atom. The molecule has 0 unspecified atom stereocenters. The highest BCUT2D eigenvalue weighted by molar-refractivity contribution is 5.93. The third-order valence-corrected chi connectivity index (χ3v) is 3.89. The Hall–Kier alpha value is -1.43. The molecule has 1 amide bonds. The lowest BCUT2D eigenvalue weighted by atomic mass is 9.82. The zero-order chi connectivity index (χ0) is 14.6. The number of rotatable bonds is 5. The minimum Gasteiger partial charge on any atom is -0.394 e. The van der Waals surface area contributed by atoms with Gasteiger partial charge in [0.1, 0.15) is 5.69 Å². The van der Waals surface area contributed by atoms with E-state index < -0.39 is 24.4 Å². The summed E-state index contributed by atoms with van der Waals surface area (Å²) in [5.41, 5.74) is -0.390. The van der Waals surface area contributed by atoms with Gasteiger partial charge in [-0.25, -0.2) is 8.78 Å². The molecule has 4 nitrogen and oxygen atoms in total. The largest absolute Gasteiger partial charge is 0.394 e. The molecule has 6 heteroatoms. The maximum Gasteiger partial charge on any atom is 0.268 e. The van der Waals surface area contributed by atoms with Crippen molar-refractivity contribution < 1.29 is 18.7 Å². The van der Waals surface area contributed by atoms with Crippen molar-refractivity contribution in [3.8, 4) is 0 Å². The van der Waals surface area contributed by atoms with Crippen molar-refractivity contribution in [3.05, 3.63) is 24.0 Å². The van der Waals surface area contributed by atoms with Gasteiger partial charge in [-0.2, -0.15) is 0 Å². The summed E-state index contributed by atoms with van der Waals surface area (Å²) in [5, 5.41) is 12.4. The van der Waals surface area contributed by atoms with Crippen LogP contribution in [0.15, 0.2) is 18.3 Å². The lowest BCUT2D eigenvalue weighted by molar-refractivity contribution is 0.0742. The fraction of sp³-hybridized carbons (Fsp3) is 0.643. The molecule has 1 aromatic rings. The number of carbonyl (C=O) groups excluding carboxylic acids is 1. The number of amides is 1. The molecule has 0 radical (unpaired) electrons. The molecule has 1 saturated carbocycles. The first-order chi connectivity index (χ1) is 9.56. The van der Waals surface area contributed by atoms with Crippen molar-refractivity contribution in [1.82, 2.24) is 9.88 Å². The number of aliphatic hydroxyl groups is 1. The second kappa shape index (κ2) is 6.35. The van der Waals surface area contributed by atoms with Crippen LogP contribution in [0.5, 0.6) is 0 Å². The van der Waals surface area contributed by atoms with E-state index in [-0.39, 0.29) is 12.3 Å². The van der Waals surface area contributed by atoms with Crippen molar-refractivity contribution in [2.45, 2.75) is 50.6 Å². The van der Waals surface area contributed by atoms with Gasteiger partial charge in [-0.3, -0.25) is 4.79 Å². The van der Waals surface area contributed by atoms with E-state index >= 15 is 0 Å². The van der Waals surface area contributed by atoms with Crippen LogP contribution in [0.2, 0.25) is 0 Å². The molecule has 20 heavy (non-hydrogen) atoms. The second-order valence-corrected chi connectivity index (χ2v) is 5.39. The van der Waals surface area contributed by atoms with Crippen LogP contribution in [0.4, 0.5) is 8.78 Å². The van der Waals surface area contributed by atoms with Gasteiger partial charge in [0, 0.05) is 6.20 Å². The highest BCUT2D eigenvalue weighted by atomic mass is 19.3. The molecular formula is C14H20F2N2O2. The quantitative estimate of drug-likeness (QED) is 0.871. The Morgan fingerprint density at radius 1 is 1.40 bits per heavy atom. The number of hydrogen-bond donors (Lipinski definition) is 2. The number of alkyl halides is 2. The number of nitrogens with one attached hydrogen (secondary N) is 1. The van der Waals surface area contributed by atoms with Gasteiger partial charge in [-0.1, -0.05) is 19.3 Å². The lowest BCUT2D eigenvalue weighted by Gasteiger charge is -2.36. The minimum atomic E-state index is -2.50. The highest BCUT2D eigenvalue weighted by Crippen LogP contribution is 2.28. The highest BCUT2D eigenvalue weighted by Gasteiger charge is 2.33. The second-order valence-electron chi connectivity index (χ2n) is 5.39. The standard InChI is InChI=1S/C14H20F2N2O2/c15-12(16)9-18-8-4-5-11(18)13(20)17-14(10-19)6-2-1-3-7-14/h4-5,8,12,19H,1-3,6-7,9-10H2,(H,17,20). The molecule has 0 atom stereocenters. The third-order valence-electron chi connectivity index (χ3n) is 3.89. The van der Waals surface area contributed by atoms with Crippen LogP contribution >= 0.6 is 0 Å². The van der Waals surface area contributed by atoms with Crippen molar-refractivity contribution in [2.75, 3.05) is 6.61 Å². The third kappa shape index (κ3) is 3.36. The summed E-state index contributed by atoms with van der Waals surface area (Å²) in [6, 6.07) is 3.09. The van der Waals surface area contributed by atoms with E-state index in [1.807, 2.05) is 0 Å². The molecule has 0 saturated heterocycles. The summed E-state index contributed by atoms with van der Waals surface area (Å²) in [4.78, 5) is 12.3. The van der Waals surface area contributed by atoms with E-state index in [1.54, 1.807) is 6.07 Å². The maximum absolute atomic E-state index is 12.4. The van der Waals surface area contributed by atoms with E-state index in [0.717, 1.165) is 32.1 Å². The lowest BCUT2D eigenvalue weighted by Crippen LogP contribution is -2.52. The maximum atomic E-state index is 12.4. The Labute approximate surface area is 116 Å². The molecule has 0 aliphatic heterocycles. The van der Waals surface area contributed by atoms with Crippen LogP contribution < -0.4 is 5.32 Å². The van der Waals surface area contributed by atoms with Gasteiger partial charge < -0.3 is 15.0 Å². The zero-order valence-corrected chi connectivity index (χ0v) is 11.3. The van der Waals surface area contributed by atoms with Crippen LogP contribution in [0, 0.1) is 0 Å². The van der Waals surface area contributed by atoms with Crippen molar-refractivity contribution >= 4 is 5.91 Å². The molecule has 2 rings (SSSR count). The Balaban J connectivity index is 2.09. The Bertz CT molecular complexity index is 454. The molecule has 1 fully saturated rings. The van der Waals surface area contributed by atoms with Crippen LogP contribution in [0.25, 0.3) is 0 Å². The van der Waals surface area contributed by atoms with Gasteiger partial charge in [0.25, 0.3) is 12.3 Å². The molecule has 1 aliphatic carbocycles. The molecule has 0 aromatic carbocycles. The normalized spacial score (nSPS) is 18.2. The summed E-state index contributed by atoms with van der Waals surface area (Å²) in [7, 11) is 0. The first-order valence-electron chi connectivity index (χ1n) is 6.93. The first kappa shape index (κ1) is 15.0. The molecule has 0 bridgehead atoms. The van der Waals surface area contributed by atoms with Crippen LogP contribution in [-0.2, 0) is 6.54 Å². The first-order valence-corrected chi connectivity index (χ1v) is 6.93. The van der Waals surface area contributed by atoms with Gasteiger partial charge in [-0.05, 0) is 25.0 Å². The van der Waals surface area contributed by atoms with Gasteiger partial charge in [0.2, 0.25) is 0 Å². The summed E-state index contributed by atoms with van der Waals surface area (Å²) >= 11 is 0. The number of aliphatic hydroxyl groups excluding tert-OH is 1. The number of nitrogens with zero attached hydrogens (tertiary/aromatic N) is 1. The number of aromatic nitrogens is 1. The Kier molecular flexibility index (Phi) is 4.75. The summed E-state index contributed by atoms with van der Waals surface area (Å²) in [5.74, 6) is -0.397. The van der Waals surface area contributed by atoms with Crippen LogP contribution in [-0.4, -0.2) is 34.2 Å². The summed E-state index contributed by atoms with van der Waals surface area (Å²) < 4.78 is 26.1. The SMILES string of the molecule is O=C(NC1(CO)CCCCC1)c1cccn1CC(F)F. The predicted octanol–water partition coefficient (Wildman–Crippen LogP) is 2.18. The zero-order valence-electron chi connectivity index (χ0n) is 11.3.